The van der Waals surface area contributed by atoms with Crippen LogP contribution in [0.3, 0.4) is 0 Å². The highest BCUT2D eigenvalue weighted by Crippen LogP contribution is 2.38. The third kappa shape index (κ3) is 6.31. The number of hydrogen-bond acceptors (Lipinski definition) is 3. The van der Waals surface area contributed by atoms with E-state index in [1.165, 1.54) is 75.8 Å². The van der Waals surface area contributed by atoms with Crippen LogP contribution in [0.4, 0.5) is 8.78 Å². The minimum atomic E-state index is -0.910. The van der Waals surface area contributed by atoms with Crippen LogP contribution in [0.15, 0.2) is 48.8 Å². The van der Waals surface area contributed by atoms with Crippen molar-refractivity contribution in [2.75, 3.05) is 0 Å². The van der Waals surface area contributed by atoms with Gasteiger partial charge in [-0.25, -0.2) is 18.7 Å². The molecule has 1 heterocycles. The normalized spacial score (nSPS) is 17.8. The lowest BCUT2D eigenvalue weighted by Gasteiger charge is -2.29. The molecule has 1 saturated carbocycles. The van der Waals surface area contributed by atoms with E-state index in [9.17, 15) is 8.78 Å². The first-order chi connectivity index (χ1) is 17.1. The van der Waals surface area contributed by atoms with Gasteiger partial charge in [0.2, 0.25) is 0 Å². The zero-order valence-electron chi connectivity index (χ0n) is 20.4. The summed E-state index contributed by atoms with van der Waals surface area (Å²) >= 11 is 0. The summed E-state index contributed by atoms with van der Waals surface area (Å²) in [6.45, 7) is 2.27. The Morgan fingerprint density at radius 3 is 2.06 bits per heavy atom. The van der Waals surface area contributed by atoms with E-state index in [-0.39, 0.29) is 11.4 Å². The Morgan fingerprint density at radius 2 is 1.46 bits per heavy atom. The SMILES string of the molecule is CCCCCCCC1CCC(c2ccc(-c3cnc(-c4cc(F)c(C#N)c(F)c4)nc3)cc2)CC1. The Balaban J connectivity index is 1.34. The number of nitrogens with zero attached hydrogens (tertiary/aromatic N) is 3. The van der Waals surface area contributed by atoms with Crippen LogP contribution in [0.5, 0.6) is 0 Å². The predicted molar refractivity (Wildman–Crippen MR) is 136 cm³/mol. The van der Waals surface area contributed by atoms with Gasteiger partial charge in [0.1, 0.15) is 23.3 Å². The van der Waals surface area contributed by atoms with Gasteiger partial charge < -0.3 is 0 Å². The maximum Gasteiger partial charge on any atom is 0.159 e. The van der Waals surface area contributed by atoms with E-state index in [1.807, 2.05) is 0 Å². The van der Waals surface area contributed by atoms with Crippen molar-refractivity contribution in [2.45, 2.75) is 77.0 Å². The van der Waals surface area contributed by atoms with Crippen LogP contribution in [0.2, 0.25) is 0 Å². The number of aromatic nitrogens is 2. The van der Waals surface area contributed by atoms with E-state index in [0.717, 1.165) is 29.2 Å². The van der Waals surface area contributed by atoms with Crippen LogP contribution in [-0.4, -0.2) is 9.97 Å². The van der Waals surface area contributed by atoms with E-state index in [0.29, 0.717) is 5.92 Å². The molecular weight excluding hydrogens is 440 g/mol. The fourth-order valence-corrected chi connectivity index (χ4v) is 5.20. The molecule has 0 spiro atoms. The second kappa shape index (κ2) is 12.0. The number of unbranched alkanes of at least 4 members (excludes halogenated alkanes) is 4. The summed E-state index contributed by atoms with van der Waals surface area (Å²) in [5, 5.41) is 8.83. The Bertz CT molecular complexity index is 1120. The van der Waals surface area contributed by atoms with Crippen molar-refractivity contribution in [2.24, 2.45) is 5.92 Å². The lowest BCUT2D eigenvalue weighted by atomic mass is 9.77. The minimum Gasteiger partial charge on any atom is -0.236 e. The molecule has 0 saturated heterocycles. The third-order valence-electron chi connectivity index (χ3n) is 7.34. The maximum absolute atomic E-state index is 13.9. The van der Waals surface area contributed by atoms with Gasteiger partial charge in [-0.2, -0.15) is 5.26 Å². The van der Waals surface area contributed by atoms with Crippen molar-refractivity contribution in [3.8, 4) is 28.6 Å². The van der Waals surface area contributed by atoms with Gasteiger partial charge in [0.05, 0.1) is 0 Å². The molecule has 1 aliphatic carbocycles. The molecule has 182 valence electrons. The minimum absolute atomic E-state index is 0.206. The average Bonchev–Trinajstić information content (AvgIpc) is 2.89. The van der Waals surface area contributed by atoms with Crippen molar-refractivity contribution >= 4 is 0 Å². The molecule has 0 atom stereocenters. The molecule has 1 aromatic heterocycles. The highest BCUT2D eigenvalue weighted by Gasteiger charge is 2.22. The topological polar surface area (TPSA) is 49.6 Å². The van der Waals surface area contributed by atoms with Gasteiger partial charge >= 0.3 is 0 Å². The van der Waals surface area contributed by atoms with E-state index in [2.05, 4.69) is 41.2 Å². The molecule has 0 N–H and O–H groups in total. The first-order valence-electron chi connectivity index (χ1n) is 12.9. The summed E-state index contributed by atoms with van der Waals surface area (Å²) in [5.41, 5.74) is 2.87. The molecule has 1 aliphatic rings. The summed E-state index contributed by atoms with van der Waals surface area (Å²) in [6, 6.07) is 12.3. The Labute approximate surface area is 207 Å². The number of rotatable bonds is 9. The summed E-state index contributed by atoms with van der Waals surface area (Å²) < 4.78 is 27.9. The van der Waals surface area contributed by atoms with Crippen LogP contribution in [0.25, 0.3) is 22.5 Å². The van der Waals surface area contributed by atoms with E-state index < -0.39 is 17.2 Å². The Morgan fingerprint density at radius 1 is 0.829 bits per heavy atom. The fraction of sp³-hybridized carbons (Fsp3) is 0.433. The maximum atomic E-state index is 13.9. The van der Waals surface area contributed by atoms with E-state index in [1.54, 1.807) is 12.4 Å². The van der Waals surface area contributed by atoms with Gasteiger partial charge in [-0.1, -0.05) is 69.7 Å². The zero-order chi connectivity index (χ0) is 24.6. The highest BCUT2D eigenvalue weighted by atomic mass is 19.1. The number of hydrogen-bond donors (Lipinski definition) is 0. The van der Waals surface area contributed by atoms with Crippen LogP contribution >= 0.6 is 0 Å². The molecule has 2 aromatic carbocycles. The van der Waals surface area contributed by atoms with Crippen molar-refractivity contribution in [3.05, 3.63) is 71.6 Å². The number of nitriles is 1. The van der Waals surface area contributed by atoms with Gasteiger partial charge in [-0.3, -0.25) is 0 Å². The molecule has 5 heteroatoms. The summed E-state index contributed by atoms with van der Waals surface area (Å²) in [6.07, 6.45) is 16.8. The fourth-order valence-electron chi connectivity index (χ4n) is 5.20. The standard InChI is InChI=1S/C30H33F2N3/c1-2-3-4-5-6-7-21-8-10-22(11-9-21)23-12-14-24(15-13-23)26-19-34-30(35-20-26)25-16-28(31)27(18-33)29(32)17-25/h12-17,19-22H,2-11H2,1H3. The monoisotopic (exact) mass is 473 g/mol. The van der Waals surface area contributed by atoms with E-state index >= 15 is 0 Å². The number of benzene rings is 2. The van der Waals surface area contributed by atoms with Gasteiger partial charge in [-0.05, 0) is 60.8 Å². The van der Waals surface area contributed by atoms with Crippen molar-refractivity contribution < 1.29 is 8.78 Å². The lowest BCUT2D eigenvalue weighted by Crippen LogP contribution is -2.13. The van der Waals surface area contributed by atoms with Crippen LogP contribution in [-0.2, 0) is 0 Å². The second-order valence-electron chi connectivity index (χ2n) is 9.76. The lowest BCUT2D eigenvalue weighted by molar-refractivity contribution is 0.302. The molecule has 3 nitrogen and oxygen atoms in total. The quantitative estimate of drug-likeness (QED) is 0.292. The smallest absolute Gasteiger partial charge is 0.159 e. The molecule has 0 radical (unpaired) electrons. The second-order valence-corrected chi connectivity index (χ2v) is 9.76. The molecule has 4 rings (SSSR count). The molecule has 35 heavy (non-hydrogen) atoms. The Hall–Kier alpha value is -3.13. The molecule has 1 fully saturated rings. The van der Waals surface area contributed by atoms with Gasteiger partial charge in [0, 0.05) is 23.5 Å². The van der Waals surface area contributed by atoms with E-state index in [4.69, 9.17) is 5.26 Å². The molecule has 3 aromatic rings. The number of halogens is 2. The Kier molecular flexibility index (Phi) is 8.58. The summed E-state index contributed by atoms with van der Waals surface area (Å²) in [7, 11) is 0. The van der Waals surface area contributed by atoms with Crippen LogP contribution in [0.1, 0.15) is 88.2 Å². The molecular formula is C30H33F2N3. The highest BCUT2D eigenvalue weighted by molar-refractivity contribution is 5.64. The molecule has 0 aliphatic heterocycles. The molecule has 0 amide bonds. The van der Waals surface area contributed by atoms with Crippen LogP contribution in [0, 0.1) is 28.9 Å². The van der Waals surface area contributed by atoms with Crippen molar-refractivity contribution in [3.63, 3.8) is 0 Å². The van der Waals surface area contributed by atoms with Crippen molar-refractivity contribution in [1.29, 1.82) is 5.26 Å². The summed E-state index contributed by atoms with van der Waals surface area (Å²) in [4.78, 5) is 8.59. The molecule has 0 unspecified atom stereocenters. The first-order valence-corrected chi connectivity index (χ1v) is 12.9. The first kappa shape index (κ1) is 25.0. The van der Waals surface area contributed by atoms with Crippen molar-refractivity contribution in [1.82, 2.24) is 9.97 Å². The summed E-state index contributed by atoms with van der Waals surface area (Å²) in [5.74, 6) is -0.0608. The third-order valence-corrected chi connectivity index (χ3v) is 7.34. The molecule has 0 bridgehead atoms. The van der Waals surface area contributed by atoms with Gasteiger partial charge in [0.25, 0.3) is 0 Å². The van der Waals surface area contributed by atoms with Crippen LogP contribution < -0.4 is 0 Å². The zero-order valence-corrected chi connectivity index (χ0v) is 20.4. The largest absolute Gasteiger partial charge is 0.236 e. The van der Waals surface area contributed by atoms with Gasteiger partial charge in [-0.15, -0.1) is 0 Å². The average molecular weight is 474 g/mol. The predicted octanol–water partition coefficient (Wildman–Crippen LogP) is 8.59. The van der Waals surface area contributed by atoms with Gasteiger partial charge in [0.15, 0.2) is 5.82 Å².